The Morgan fingerprint density at radius 2 is 2.04 bits per heavy atom. The SMILES string of the molecule is CC(=O)N[C@@H]1CC[C@@H](C(F)(F)F)N(C(=O)c2cc(C#N)cn2C)C1. The van der Waals surface area contributed by atoms with E-state index in [2.05, 4.69) is 5.32 Å². The first-order valence-electron chi connectivity index (χ1n) is 7.34. The zero-order chi connectivity index (χ0) is 18.1. The van der Waals surface area contributed by atoms with Crippen LogP contribution in [0.4, 0.5) is 13.2 Å². The van der Waals surface area contributed by atoms with E-state index in [-0.39, 0.29) is 36.6 Å². The van der Waals surface area contributed by atoms with Crippen molar-refractivity contribution >= 4 is 11.8 Å². The number of amides is 2. The minimum Gasteiger partial charge on any atom is -0.352 e. The van der Waals surface area contributed by atoms with Crippen molar-refractivity contribution < 1.29 is 22.8 Å². The lowest BCUT2D eigenvalue weighted by molar-refractivity contribution is -0.184. The lowest BCUT2D eigenvalue weighted by Crippen LogP contribution is -2.58. The number of carbonyl (C=O) groups excluding carboxylic acids is 2. The number of piperidine rings is 1. The van der Waals surface area contributed by atoms with Crippen LogP contribution < -0.4 is 5.32 Å². The zero-order valence-corrected chi connectivity index (χ0v) is 13.2. The molecule has 24 heavy (non-hydrogen) atoms. The third-order valence-electron chi connectivity index (χ3n) is 3.98. The molecule has 0 saturated carbocycles. The van der Waals surface area contributed by atoms with Crippen molar-refractivity contribution in [3.8, 4) is 6.07 Å². The first kappa shape index (κ1) is 17.8. The van der Waals surface area contributed by atoms with Crippen LogP contribution in [-0.4, -0.2) is 46.1 Å². The Morgan fingerprint density at radius 3 is 2.54 bits per heavy atom. The lowest BCUT2D eigenvalue weighted by Gasteiger charge is -2.40. The first-order chi connectivity index (χ1) is 11.1. The van der Waals surface area contributed by atoms with Crippen LogP contribution in [0.15, 0.2) is 12.3 Å². The molecule has 1 aliphatic rings. The van der Waals surface area contributed by atoms with Crippen LogP contribution in [0.2, 0.25) is 0 Å². The van der Waals surface area contributed by atoms with E-state index in [1.807, 2.05) is 6.07 Å². The highest BCUT2D eigenvalue weighted by molar-refractivity contribution is 5.93. The predicted octanol–water partition coefficient (Wildman–Crippen LogP) is 1.57. The summed E-state index contributed by atoms with van der Waals surface area (Å²) in [5.74, 6) is -1.17. The Bertz CT molecular complexity index is 690. The summed E-state index contributed by atoms with van der Waals surface area (Å²) >= 11 is 0. The average Bonchev–Trinajstić information content (AvgIpc) is 2.85. The number of aryl methyl sites for hydroxylation is 1. The Kier molecular flexibility index (Phi) is 4.87. The molecule has 1 fully saturated rings. The summed E-state index contributed by atoms with van der Waals surface area (Å²) < 4.78 is 41.2. The van der Waals surface area contributed by atoms with E-state index in [4.69, 9.17) is 5.26 Å². The maximum atomic E-state index is 13.3. The van der Waals surface area contributed by atoms with E-state index >= 15 is 0 Å². The van der Waals surface area contributed by atoms with Gasteiger partial charge in [-0.3, -0.25) is 9.59 Å². The van der Waals surface area contributed by atoms with Crippen molar-refractivity contribution in [3.05, 3.63) is 23.5 Å². The largest absolute Gasteiger partial charge is 0.408 e. The Morgan fingerprint density at radius 1 is 1.38 bits per heavy atom. The van der Waals surface area contributed by atoms with Gasteiger partial charge in [0.05, 0.1) is 5.56 Å². The number of hydrogen-bond donors (Lipinski definition) is 1. The fraction of sp³-hybridized carbons (Fsp3) is 0.533. The fourth-order valence-corrected chi connectivity index (χ4v) is 2.93. The summed E-state index contributed by atoms with van der Waals surface area (Å²) in [7, 11) is 1.49. The molecule has 1 aliphatic heterocycles. The molecule has 6 nitrogen and oxygen atoms in total. The third-order valence-corrected chi connectivity index (χ3v) is 3.98. The van der Waals surface area contributed by atoms with Gasteiger partial charge >= 0.3 is 6.18 Å². The van der Waals surface area contributed by atoms with Crippen LogP contribution in [0.5, 0.6) is 0 Å². The van der Waals surface area contributed by atoms with Gasteiger partial charge in [0.1, 0.15) is 17.8 Å². The molecule has 1 aromatic rings. The number of halogens is 3. The lowest BCUT2D eigenvalue weighted by atomic mass is 9.97. The van der Waals surface area contributed by atoms with Crippen molar-refractivity contribution in [1.29, 1.82) is 5.26 Å². The molecule has 0 unspecified atom stereocenters. The summed E-state index contributed by atoms with van der Waals surface area (Å²) in [5, 5.41) is 11.4. The van der Waals surface area contributed by atoms with Crippen molar-refractivity contribution in [3.63, 3.8) is 0 Å². The molecule has 2 rings (SSSR count). The topological polar surface area (TPSA) is 78.1 Å². The molecule has 0 aliphatic carbocycles. The maximum Gasteiger partial charge on any atom is 0.408 e. The first-order valence-corrected chi connectivity index (χ1v) is 7.34. The van der Waals surface area contributed by atoms with Gasteiger partial charge in [-0.25, -0.2) is 0 Å². The van der Waals surface area contributed by atoms with Crippen LogP contribution in [-0.2, 0) is 11.8 Å². The van der Waals surface area contributed by atoms with Crippen LogP contribution in [0.1, 0.15) is 35.8 Å². The Hall–Kier alpha value is -2.50. The van der Waals surface area contributed by atoms with Crippen molar-refractivity contribution in [1.82, 2.24) is 14.8 Å². The summed E-state index contributed by atoms with van der Waals surface area (Å²) in [4.78, 5) is 24.5. The number of hydrogen-bond acceptors (Lipinski definition) is 3. The summed E-state index contributed by atoms with van der Waals surface area (Å²) in [6.45, 7) is 1.05. The quantitative estimate of drug-likeness (QED) is 0.886. The molecule has 2 amide bonds. The van der Waals surface area contributed by atoms with Crippen LogP contribution in [0, 0.1) is 11.3 Å². The highest BCUT2D eigenvalue weighted by Crippen LogP contribution is 2.33. The van der Waals surface area contributed by atoms with E-state index in [0.717, 1.165) is 4.90 Å². The summed E-state index contributed by atoms with van der Waals surface area (Å²) in [5.41, 5.74) is 0.198. The molecule has 0 spiro atoms. The van der Waals surface area contributed by atoms with Gasteiger partial charge in [0.25, 0.3) is 5.91 Å². The second kappa shape index (κ2) is 6.55. The van der Waals surface area contributed by atoms with Gasteiger partial charge in [0.2, 0.25) is 5.91 Å². The standard InChI is InChI=1S/C15H17F3N4O2/c1-9(23)20-11-3-4-13(15(16,17)18)22(8-11)14(24)12-5-10(6-19)7-21(12)2/h5,7,11,13H,3-4,8H2,1-2H3,(H,20,23)/t11-,13+/m1/s1. The minimum absolute atomic E-state index is 0.00396. The number of carbonyl (C=O) groups is 2. The minimum atomic E-state index is -4.56. The molecule has 1 saturated heterocycles. The van der Waals surface area contributed by atoms with E-state index in [9.17, 15) is 22.8 Å². The highest BCUT2D eigenvalue weighted by Gasteiger charge is 2.48. The van der Waals surface area contributed by atoms with Crippen molar-refractivity contribution in [2.24, 2.45) is 7.05 Å². The molecular formula is C15H17F3N4O2. The average molecular weight is 342 g/mol. The molecular weight excluding hydrogens is 325 g/mol. The molecule has 9 heteroatoms. The highest BCUT2D eigenvalue weighted by atomic mass is 19.4. The van der Waals surface area contributed by atoms with Gasteiger partial charge in [0.15, 0.2) is 0 Å². The second-order valence-electron chi connectivity index (χ2n) is 5.83. The monoisotopic (exact) mass is 342 g/mol. The molecule has 2 heterocycles. The van der Waals surface area contributed by atoms with Crippen molar-refractivity contribution in [2.45, 2.75) is 38.0 Å². The molecule has 0 bridgehead atoms. The molecule has 1 aromatic heterocycles. The molecule has 2 atom stereocenters. The molecule has 0 aromatic carbocycles. The third kappa shape index (κ3) is 3.69. The van der Waals surface area contributed by atoms with Gasteiger partial charge < -0.3 is 14.8 Å². The van der Waals surface area contributed by atoms with E-state index in [1.54, 1.807) is 0 Å². The van der Waals surface area contributed by atoms with Crippen LogP contribution >= 0.6 is 0 Å². The number of nitrogens with one attached hydrogen (secondary N) is 1. The number of nitrogens with zero attached hydrogens (tertiary/aromatic N) is 3. The molecule has 0 radical (unpaired) electrons. The van der Waals surface area contributed by atoms with Gasteiger partial charge in [-0.1, -0.05) is 0 Å². The Balaban J connectivity index is 2.32. The van der Waals surface area contributed by atoms with Crippen molar-refractivity contribution in [2.75, 3.05) is 6.54 Å². The second-order valence-corrected chi connectivity index (χ2v) is 5.83. The predicted molar refractivity (Wildman–Crippen MR) is 77.8 cm³/mol. The van der Waals surface area contributed by atoms with Gasteiger partial charge in [-0.05, 0) is 18.9 Å². The normalized spacial score (nSPS) is 21.2. The van der Waals surface area contributed by atoms with Gasteiger partial charge in [-0.2, -0.15) is 18.4 Å². The van der Waals surface area contributed by atoms with Crippen LogP contribution in [0.3, 0.4) is 0 Å². The number of likely N-dealkylation sites (tertiary alicyclic amines) is 1. The number of nitriles is 1. The van der Waals surface area contributed by atoms with Crippen LogP contribution in [0.25, 0.3) is 0 Å². The molecule has 130 valence electrons. The van der Waals surface area contributed by atoms with Gasteiger partial charge in [-0.15, -0.1) is 0 Å². The number of aromatic nitrogens is 1. The van der Waals surface area contributed by atoms with E-state index in [1.165, 1.54) is 30.8 Å². The Labute approximate surface area is 136 Å². The smallest absolute Gasteiger partial charge is 0.352 e. The fourth-order valence-electron chi connectivity index (χ4n) is 2.93. The summed E-state index contributed by atoms with van der Waals surface area (Å²) in [6, 6.07) is 0.679. The maximum absolute atomic E-state index is 13.3. The number of rotatable bonds is 2. The zero-order valence-electron chi connectivity index (χ0n) is 13.2. The molecule has 1 N–H and O–H groups in total. The van der Waals surface area contributed by atoms with Gasteiger partial charge in [0, 0.05) is 32.8 Å². The number of alkyl halides is 3. The van der Waals surface area contributed by atoms with E-state index in [0.29, 0.717) is 0 Å². The summed E-state index contributed by atoms with van der Waals surface area (Å²) in [6.07, 6.45) is -3.31. The van der Waals surface area contributed by atoms with E-state index < -0.39 is 24.2 Å².